The number of ether oxygens (including phenoxy) is 2. The highest BCUT2D eigenvalue weighted by molar-refractivity contribution is 9.09. The molecule has 0 aliphatic carbocycles. The molecule has 3 aliphatic heterocycles. The van der Waals surface area contributed by atoms with Gasteiger partial charge in [0.05, 0.1) is 37.2 Å². The smallest absolute Gasteiger partial charge is 0.312 e. The third-order valence-corrected chi connectivity index (χ3v) is 8.46. The molecule has 0 saturated carbocycles. The molecule has 9 heteroatoms. The van der Waals surface area contributed by atoms with E-state index in [1.807, 2.05) is 45.9 Å². The quantitative estimate of drug-likeness (QED) is 0.381. The molecule has 2 bridgehead atoms. The van der Waals surface area contributed by atoms with Crippen LogP contribution >= 0.6 is 15.9 Å². The summed E-state index contributed by atoms with van der Waals surface area (Å²) in [5.74, 6) is -2.64. The Bertz CT molecular complexity index is 995. The van der Waals surface area contributed by atoms with Gasteiger partial charge < -0.3 is 24.8 Å². The van der Waals surface area contributed by atoms with E-state index in [1.54, 1.807) is 6.92 Å². The van der Waals surface area contributed by atoms with E-state index < -0.39 is 41.6 Å². The molecule has 3 heterocycles. The van der Waals surface area contributed by atoms with Crippen LogP contribution in [-0.2, 0) is 23.9 Å². The molecule has 1 spiro atoms. The van der Waals surface area contributed by atoms with Crippen LogP contribution in [-0.4, -0.2) is 69.6 Å². The average Bonchev–Trinajstić information content (AvgIpc) is 3.38. The predicted octanol–water partition coefficient (Wildman–Crippen LogP) is 2.96. The van der Waals surface area contributed by atoms with Gasteiger partial charge in [0.1, 0.15) is 11.6 Å². The number of nitrogens with zero attached hydrogens (tertiary/aromatic N) is 1. The van der Waals surface area contributed by atoms with Gasteiger partial charge in [0.2, 0.25) is 11.8 Å². The van der Waals surface area contributed by atoms with E-state index in [1.165, 1.54) is 4.90 Å². The second kappa shape index (κ2) is 9.82. The van der Waals surface area contributed by atoms with E-state index in [4.69, 9.17) is 9.47 Å². The Kier molecular flexibility index (Phi) is 7.33. The number of hydrogen-bond donors (Lipinski definition) is 2. The molecule has 0 aromatic heterocycles. The number of benzene rings is 1. The summed E-state index contributed by atoms with van der Waals surface area (Å²) in [5.41, 5.74) is 1.32. The van der Waals surface area contributed by atoms with Crippen LogP contribution in [0.2, 0.25) is 0 Å². The number of carbonyl (C=O) groups is 3. The third-order valence-electron chi connectivity index (χ3n) is 7.61. The Morgan fingerprint density at radius 3 is 2.54 bits per heavy atom. The molecule has 1 aromatic rings. The number of nitrogens with one attached hydrogen (secondary N) is 1. The van der Waals surface area contributed by atoms with Gasteiger partial charge >= 0.3 is 5.97 Å². The van der Waals surface area contributed by atoms with Gasteiger partial charge in [-0.1, -0.05) is 48.0 Å². The molecule has 3 saturated heterocycles. The molecule has 0 radical (unpaired) electrons. The van der Waals surface area contributed by atoms with Crippen LogP contribution in [0, 0.1) is 31.6 Å². The zero-order valence-electron chi connectivity index (χ0n) is 20.9. The van der Waals surface area contributed by atoms with Crippen LogP contribution in [0.4, 0.5) is 5.69 Å². The number of hydrogen-bond acceptors (Lipinski definition) is 6. The van der Waals surface area contributed by atoms with Crippen molar-refractivity contribution in [1.29, 1.82) is 0 Å². The van der Waals surface area contributed by atoms with Gasteiger partial charge in [-0.2, -0.15) is 0 Å². The van der Waals surface area contributed by atoms with Crippen molar-refractivity contribution in [3.8, 4) is 0 Å². The lowest BCUT2D eigenvalue weighted by Crippen LogP contribution is -2.57. The maximum Gasteiger partial charge on any atom is 0.312 e. The first-order valence-electron chi connectivity index (χ1n) is 12.4. The van der Waals surface area contributed by atoms with Gasteiger partial charge in [-0.05, 0) is 50.7 Å². The van der Waals surface area contributed by atoms with E-state index >= 15 is 0 Å². The van der Waals surface area contributed by atoms with Crippen molar-refractivity contribution in [2.45, 2.75) is 76.1 Å². The van der Waals surface area contributed by atoms with Gasteiger partial charge in [0.15, 0.2) is 0 Å². The number of aliphatic hydroxyl groups excluding tert-OH is 1. The fourth-order valence-corrected chi connectivity index (χ4v) is 7.23. The first-order valence-corrected chi connectivity index (χ1v) is 13.3. The number of esters is 1. The summed E-state index contributed by atoms with van der Waals surface area (Å²) in [6.45, 7) is 9.47. The van der Waals surface area contributed by atoms with Gasteiger partial charge in [-0.3, -0.25) is 14.4 Å². The standard InChI is InChI=1S/C26H35BrN2O6/c1-6-34-25(33)18-19-24(32)29(16(12-30)10-13(2)3)22(26(19)11-17(27)21(18)35-26)23(31)28-20-14(4)8-7-9-15(20)5/h7-9,13,16-19,21-22,30H,6,10-12H2,1-5H3,(H,28,31)/t16-,17?,18+,19+,21+,22?,26?/m1/s1. The summed E-state index contributed by atoms with van der Waals surface area (Å²) >= 11 is 3.64. The molecule has 3 aliphatic rings. The molecule has 4 rings (SSSR count). The lowest BCUT2D eigenvalue weighted by molar-refractivity contribution is -0.155. The number of anilines is 1. The molecule has 35 heavy (non-hydrogen) atoms. The highest BCUT2D eigenvalue weighted by Crippen LogP contribution is 2.60. The van der Waals surface area contributed by atoms with Crippen molar-refractivity contribution in [3.05, 3.63) is 29.3 Å². The van der Waals surface area contributed by atoms with Gasteiger partial charge in [0, 0.05) is 10.5 Å². The molecule has 1 aromatic carbocycles. The first-order chi connectivity index (χ1) is 16.6. The zero-order chi connectivity index (χ0) is 25.7. The van der Waals surface area contributed by atoms with E-state index in [2.05, 4.69) is 21.2 Å². The minimum Gasteiger partial charge on any atom is -0.466 e. The van der Waals surface area contributed by atoms with Crippen molar-refractivity contribution in [3.63, 3.8) is 0 Å². The number of para-hydroxylation sites is 1. The zero-order valence-corrected chi connectivity index (χ0v) is 22.5. The molecule has 2 amide bonds. The fourth-order valence-electron chi connectivity index (χ4n) is 6.29. The van der Waals surface area contributed by atoms with Crippen LogP contribution in [0.25, 0.3) is 0 Å². The Morgan fingerprint density at radius 1 is 1.31 bits per heavy atom. The lowest BCUT2D eigenvalue weighted by atomic mass is 9.70. The highest BCUT2D eigenvalue weighted by Gasteiger charge is 2.77. The van der Waals surface area contributed by atoms with Crippen LogP contribution in [0.1, 0.15) is 44.7 Å². The summed E-state index contributed by atoms with van der Waals surface area (Å²) < 4.78 is 11.8. The van der Waals surface area contributed by atoms with Crippen LogP contribution in [0.3, 0.4) is 0 Å². The van der Waals surface area contributed by atoms with Crippen LogP contribution in [0.15, 0.2) is 18.2 Å². The van der Waals surface area contributed by atoms with Crippen molar-refractivity contribution < 1.29 is 29.0 Å². The van der Waals surface area contributed by atoms with E-state index in [-0.39, 0.29) is 35.8 Å². The first kappa shape index (κ1) is 26.1. The molecular formula is C26H35BrN2O6. The minimum atomic E-state index is -1.18. The third kappa shape index (κ3) is 4.19. The SMILES string of the molecule is CCOC(=O)[C@H]1[C@H]2C(=O)N([C@@H](CO)CC(C)C)C(C(=O)Nc3c(C)cccc3C)C23CC(Br)[C@@H]1O3. The van der Waals surface area contributed by atoms with Crippen LogP contribution < -0.4 is 5.32 Å². The Labute approximate surface area is 214 Å². The average molecular weight is 551 g/mol. The second-order valence-corrected chi connectivity index (χ2v) is 11.6. The second-order valence-electron chi connectivity index (χ2n) is 10.4. The van der Waals surface area contributed by atoms with Crippen molar-refractivity contribution in [2.75, 3.05) is 18.5 Å². The monoisotopic (exact) mass is 550 g/mol. The van der Waals surface area contributed by atoms with E-state index in [0.29, 0.717) is 18.5 Å². The normalized spacial score (nSPS) is 32.2. The minimum absolute atomic E-state index is 0.183. The predicted molar refractivity (Wildman–Crippen MR) is 134 cm³/mol. The molecule has 3 fully saturated rings. The number of rotatable bonds is 8. The Hall–Kier alpha value is -1.97. The number of aliphatic hydroxyl groups is 1. The highest BCUT2D eigenvalue weighted by atomic mass is 79.9. The Morgan fingerprint density at radius 2 is 1.97 bits per heavy atom. The number of halogens is 1. The fraction of sp³-hybridized carbons (Fsp3) is 0.654. The summed E-state index contributed by atoms with van der Waals surface area (Å²) in [6.07, 6.45) is 0.368. The summed E-state index contributed by atoms with van der Waals surface area (Å²) in [5, 5.41) is 13.4. The number of carbonyl (C=O) groups excluding carboxylic acids is 3. The van der Waals surface area contributed by atoms with Gasteiger partial charge in [-0.25, -0.2) is 0 Å². The van der Waals surface area contributed by atoms with Crippen molar-refractivity contribution >= 4 is 39.4 Å². The molecule has 8 nitrogen and oxygen atoms in total. The topological polar surface area (TPSA) is 105 Å². The summed E-state index contributed by atoms with van der Waals surface area (Å²) in [7, 11) is 0. The summed E-state index contributed by atoms with van der Waals surface area (Å²) in [6, 6.07) is 4.19. The van der Waals surface area contributed by atoms with Gasteiger partial charge in [-0.15, -0.1) is 0 Å². The molecule has 192 valence electrons. The number of amides is 2. The lowest BCUT2D eigenvalue weighted by Gasteiger charge is -2.37. The number of alkyl halides is 1. The number of likely N-dealkylation sites (tertiary alicyclic amines) is 1. The summed E-state index contributed by atoms with van der Waals surface area (Å²) in [4.78, 5) is 42.3. The number of aryl methyl sites for hydroxylation is 2. The van der Waals surface area contributed by atoms with Crippen molar-refractivity contribution in [1.82, 2.24) is 4.90 Å². The maximum absolute atomic E-state index is 14.0. The van der Waals surface area contributed by atoms with E-state index in [9.17, 15) is 19.5 Å². The van der Waals surface area contributed by atoms with Crippen LogP contribution in [0.5, 0.6) is 0 Å². The van der Waals surface area contributed by atoms with Gasteiger partial charge in [0.25, 0.3) is 0 Å². The molecule has 2 N–H and O–H groups in total. The molecule has 3 unspecified atom stereocenters. The maximum atomic E-state index is 14.0. The molecule has 7 atom stereocenters. The molecular weight excluding hydrogens is 516 g/mol. The largest absolute Gasteiger partial charge is 0.466 e. The van der Waals surface area contributed by atoms with E-state index in [0.717, 1.165) is 11.1 Å². The Balaban J connectivity index is 1.80. The van der Waals surface area contributed by atoms with Crippen molar-refractivity contribution in [2.24, 2.45) is 17.8 Å². The number of fused-ring (bicyclic) bond motifs is 1.